The van der Waals surface area contributed by atoms with Gasteiger partial charge in [0.2, 0.25) is 0 Å². The Kier molecular flexibility index (Phi) is 2.14. The van der Waals surface area contributed by atoms with Gasteiger partial charge in [0.25, 0.3) is 0 Å². The van der Waals surface area contributed by atoms with E-state index in [1.54, 1.807) is 7.11 Å². The normalized spacial score (nSPS) is 16.4. The smallest absolute Gasteiger partial charge is 0.119 e. The molecule has 3 nitrogen and oxygen atoms in total. The van der Waals surface area contributed by atoms with E-state index in [1.165, 1.54) is 16.6 Å². The first-order chi connectivity index (χ1) is 7.78. The number of hydrogen-bond donors (Lipinski definition) is 0. The third kappa shape index (κ3) is 1.39. The van der Waals surface area contributed by atoms with Crippen LogP contribution in [0, 0.1) is 0 Å². The average Bonchev–Trinajstić information content (AvgIpc) is 2.64. The fourth-order valence-corrected chi connectivity index (χ4v) is 2.45. The summed E-state index contributed by atoms with van der Waals surface area (Å²) in [6.45, 7) is 3.25. The second-order valence-electron chi connectivity index (χ2n) is 4.45. The Hall–Kier alpha value is -1.48. The van der Waals surface area contributed by atoms with Crippen LogP contribution in [-0.2, 0) is 13.1 Å². The van der Waals surface area contributed by atoms with Crippen LogP contribution in [-0.4, -0.2) is 30.2 Å². The third-order valence-corrected chi connectivity index (χ3v) is 3.33. The number of hydrogen-bond acceptors (Lipinski definition) is 2. The minimum absolute atomic E-state index is 0.934. The summed E-state index contributed by atoms with van der Waals surface area (Å²) in [5.41, 5.74) is 2.72. The first kappa shape index (κ1) is 9.73. The lowest BCUT2D eigenvalue weighted by molar-refractivity contribution is 0.273. The summed E-state index contributed by atoms with van der Waals surface area (Å²) in [6, 6.07) is 8.57. The maximum Gasteiger partial charge on any atom is 0.119 e. The Labute approximate surface area is 95.2 Å². The molecule has 0 saturated heterocycles. The molecule has 0 fully saturated rings. The highest BCUT2D eigenvalue weighted by atomic mass is 16.5. The first-order valence-electron chi connectivity index (χ1n) is 5.62. The van der Waals surface area contributed by atoms with Crippen molar-refractivity contribution in [2.24, 2.45) is 0 Å². The molecule has 1 aromatic heterocycles. The molecule has 16 heavy (non-hydrogen) atoms. The molecule has 84 valence electrons. The van der Waals surface area contributed by atoms with Crippen LogP contribution in [0.15, 0.2) is 24.3 Å². The average molecular weight is 216 g/mol. The Bertz CT molecular complexity index is 530. The molecule has 2 heterocycles. The number of ether oxygens (including phenoxy) is 1. The molecule has 0 aliphatic carbocycles. The van der Waals surface area contributed by atoms with Crippen LogP contribution in [0.25, 0.3) is 10.9 Å². The molecule has 2 aromatic rings. The van der Waals surface area contributed by atoms with E-state index < -0.39 is 0 Å². The molecular weight excluding hydrogens is 200 g/mol. The van der Waals surface area contributed by atoms with E-state index in [0.29, 0.717) is 0 Å². The second-order valence-corrected chi connectivity index (χ2v) is 4.45. The van der Waals surface area contributed by atoms with E-state index in [4.69, 9.17) is 4.74 Å². The van der Waals surface area contributed by atoms with Crippen LogP contribution in [0.1, 0.15) is 5.69 Å². The molecule has 1 aliphatic heterocycles. The van der Waals surface area contributed by atoms with Crippen molar-refractivity contribution in [2.75, 3.05) is 20.7 Å². The quantitative estimate of drug-likeness (QED) is 0.726. The minimum atomic E-state index is 0.934. The molecule has 3 heteroatoms. The number of rotatable bonds is 1. The molecule has 0 atom stereocenters. The van der Waals surface area contributed by atoms with Gasteiger partial charge in [0.15, 0.2) is 0 Å². The van der Waals surface area contributed by atoms with E-state index in [2.05, 4.69) is 34.7 Å². The predicted octanol–water partition coefficient (Wildman–Crippen LogP) is 2.10. The van der Waals surface area contributed by atoms with Crippen molar-refractivity contribution in [3.63, 3.8) is 0 Å². The zero-order chi connectivity index (χ0) is 11.1. The van der Waals surface area contributed by atoms with E-state index in [9.17, 15) is 0 Å². The minimum Gasteiger partial charge on any atom is -0.497 e. The monoisotopic (exact) mass is 216 g/mol. The topological polar surface area (TPSA) is 17.4 Å². The van der Waals surface area contributed by atoms with E-state index in [1.807, 2.05) is 6.07 Å². The molecule has 0 saturated carbocycles. The van der Waals surface area contributed by atoms with Crippen LogP contribution in [0.3, 0.4) is 0 Å². The largest absolute Gasteiger partial charge is 0.497 e. The summed E-state index contributed by atoms with van der Waals surface area (Å²) < 4.78 is 7.67. The van der Waals surface area contributed by atoms with Crippen molar-refractivity contribution in [3.05, 3.63) is 30.0 Å². The summed E-state index contributed by atoms with van der Waals surface area (Å²) in [4.78, 5) is 2.35. The molecule has 0 unspecified atom stereocenters. The highest BCUT2D eigenvalue weighted by Crippen LogP contribution is 2.26. The van der Waals surface area contributed by atoms with E-state index in [0.717, 1.165) is 25.4 Å². The zero-order valence-corrected chi connectivity index (χ0v) is 9.73. The standard InChI is InChI=1S/C13H16N2O/c1-14-5-6-15-11(9-14)7-10-8-12(16-2)3-4-13(10)15/h3-4,7-8H,5-6,9H2,1-2H3. The fraction of sp³-hybridized carbons (Fsp3) is 0.385. The van der Waals surface area contributed by atoms with Gasteiger partial charge in [-0.2, -0.15) is 0 Å². The molecule has 0 amide bonds. The van der Waals surface area contributed by atoms with Gasteiger partial charge in [-0.05, 0) is 31.3 Å². The maximum absolute atomic E-state index is 5.26. The van der Waals surface area contributed by atoms with Gasteiger partial charge in [-0.15, -0.1) is 0 Å². The zero-order valence-electron chi connectivity index (χ0n) is 9.73. The highest BCUT2D eigenvalue weighted by Gasteiger charge is 2.15. The molecule has 1 aliphatic rings. The number of aromatic nitrogens is 1. The summed E-state index contributed by atoms with van der Waals surface area (Å²) in [5, 5.41) is 1.28. The fourth-order valence-electron chi connectivity index (χ4n) is 2.45. The third-order valence-electron chi connectivity index (χ3n) is 3.33. The summed E-state index contributed by atoms with van der Waals surface area (Å²) in [5.74, 6) is 0.934. The van der Waals surface area contributed by atoms with Gasteiger partial charge >= 0.3 is 0 Å². The van der Waals surface area contributed by atoms with Crippen molar-refractivity contribution in [3.8, 4) is 5.75 Å². The SMILES string of the molecule is COc1ccc2c(c1)cc1n2CCN(C)C1. The predicted molar refractivity (Wildman–Crippen MR) is 64.8 cm³/mol. The van der Waals surface area contributed by atoms with Crippen molar-refractivity contribution >= 4 is 10.9 Å². The van der Waals surface area contributed by atoms with Crippen molar-refractivity contribution < 1.29 is 4.74 Å². The summed E-state index contributed by atoms with van der Waals surface area (Å²) in [7, 11) is 3.88. The van der Waals surface area contributed by atoms with Crippen molar-refractivity contribution in [1.29, 1.82) is 0 Å². The lowest BCUT2D eigenvalue weighted by Gasteiger charge is -2.24. The van der Waals surface area contributed by atoms with Crippen LogP contribution < -0.4 is 4.74 Å². The number of methoxy groups -OCH3 is 1. The number of benzene rings is 1. The van der Waals surface area contributed by atoms with E-state index >= 15 is 0 Å². The maximum atomic E-state index is 5.26. The molecule has 0 N–H and O–H groups in total. The van der Waals surface area contributed by atoms with Gasteiger partial charge in [-0.3, -0.25) is 4.90 Å². The first-order valence-corrected chi connectivity index (χ1v) is 5.62. The van der Waals surface area contributed by atoms with Gasteiger partial charge in [0.1, 0.15) is 5.75 Å². The number of likely N-dealkylation sites (N-methyl/N-ethyl adjacent to an activating group) is 1. The lowest BCUT2D eigenvalue weighted by Crippen LogP contribution is -2.29. The van der Waals surface area contributed by atoms with Gasteiger partial charge in [-0.25, -0.2) is 0 Å². The molecule has 0 radical (unpaired) electrons. The molecule has 1 aromatic carbocycles. The van der Waals surface area contributed by atoms with Crippen molar-refractivity contribution in [1.82, 2.24) is 9.47 Å². The highest BCUT2D eigenvalue weighted by molar-refractivity contribution is 5.83. The van der Waals surface area contributed by atoms with Gasteiger partial charge in [0.05, 0.1) is 7.11 Å². The number of fused-ring (bicyclic) bond motifs is 3. The number of nitrogens with zero attached hydrogens (tertiary/aromatic N) is 2. The second kappa shape index (κ2) is 3.52. The van der Waals surface area contributed by atoms with Crippen LogP contribution in [0.5, 0.6) is 5.75 Å². The van der Waals surface area contributed by atoms with E-state index in [-0.39, 0.29) is 0 Å². The van der Waals surface area contributed by atoms with Crippen molar-refractivity contribution in [2.45, 2.75) is 13.1 Å². The molecule has 0 bridgehead atoms. The molecule has 3 rings (SSSR count). The van der Waals surface area contributed by atoms with Gasteiger partial charge in [0, 0.05) is 36.2 Å². The van der Waals surface area contributed by atoms with Crippen LogP contribution >= 0.6 is 0 Å². The Morgan fingerprint density at radius 2 is 2.06 bits per heavy atom. The summed E-state index contributed by atoms with van der Waals surface area (Å²) in [6.07, 6.45) is 0. The van der Waals surface area contributed by atoms with Crippen LogP contribution in [0.4, 0.5) is 0 Å². The molecular formula is C13H16N2O. The lowest BCUT2D eigenvalue weighted by atomic mass is 10.2. The molecule has 0 spiro atoms. The van der Waals surface area contributed by atoms with Gasteiger partial charge < -0.3 is 9.30 Å². The van der Waals surface area contributed by atoms with Gasteiger partial charge in [-0.1, -0.05) is 0 Å². The summed E-state index contributed by atoms with van der Waals surface area (Å²) >= 11 is 0. The Balaban J connectivity index is 2.16. The Morgan fingerprint density at radius 1 is 1.19 bits per heavy atom. The van der Waals surface area contributed by atoms with Crippen LogP contribution in [0.2, 0.25) is 0 Å². The Morgan fingerprint density at radius 3 is 2.88 bits per heavy atom.